The van der Waals surface area contributed by atoms with E-state index >= 15 is 0 Å². The number of hydrogen-bond acceptors (Lipinski definition) is 5. The second kappa shape index (κ2) is 9.11. The quantitative estimate of drug-likeness (QED) is 0.379. The second-order valence-electron chi connectivity index (χ2n) is 8.14. The summed E-state index contributed by atoms with van der Waals surface area (Å²) in [4.78, 5) is 15.1. The van der Waals surface area contributed by atoms with Crippen LogP contribution in [0.15, 0.2) is 69.8 Å². The number of benzene rings is 2. The van der Waals surface area contributed by atoms with Crippen LogP contribution >= 0.6 is 11.6 Å². The summed E-state index contributed by atoms with van der Waals surface area (Å²) < 4.78 is 11.2. The highest BCUT2D eigenvalue weighted by Crippen LogP contribution is 2.36. The molecule has 0 aliphatic carbocycles. The van der Waals surface area contributed by atoms with Gasteiger partial charge >= 0.3 is 6.03 Å². The number of carbonyl (C=O) groups is 1. The number of nitrogens with zero attached hydrogens (tertiary/aromatic N) is 3. The van der Waals surface area contributed by atoms with Gasteiger partial charge in [0.2, 0.25) is 0 Å². The van der Waals surface area contributed by atoms with E-state index in [1.807, 2.05) is 61.5 Å². The average Bonchev–Trinajstić information content (AvgIpc) is 3.56. The Balaban J connectivity index is 1.36. The first kappa shape index (κ1) is 21.3. The molecule has 8 heteroatoms. The van der Waals surface area contributed by atoms with E-state index in [0.717, 1.165) is 35.3 Å². The van der Waals surface area contributed by atoms with E-state index < -0.39 is 0 Å². The van der Waals surface area contributed by atoms with E-state index in [1.54, 1.807) is 11.1 Å². The van der Waals surface area contributed by atoms with Crippen molar-refractivity contribution in [3.8, 4) is 11.3 Å². The molecule has 2 amide bonds. The van der Waals surface area contributed by atoms with Crippen LogP contribution in [0.5, 0.6) is 0 Å². The molecule has 1 atom stereocenters. The first-order chi connectivity index (χ1) is 16.1. The topological polar surface area (TPSA) is 84.4 Å². The highest BCUT2D eigenvalue weighted by atomic mass is 35.5. The van der Waals surface area contributed by atoms with Crippen molar-refractivity contribution in [3.05, 3.63) is 88.4 Å². The van der Waals surface area contributed by atoms with E-state index in [2.05, 4.69) is 15.6 Å². The minimum atomic E-state index is -0.213. The summed E-state index contributed by atoms with van der Waals surface area (Å²) in [5, 5.41) is 11.8. The molecule has 1 N–H and O–H groups in total. The minimum Gasteiger partial charge on any atom is -0.359 e. The largest absolute Gasteiger partial charge is 0.359 e. The number of likely N-dealkylation sites (tertiary alicyclic amines) is 1. The molecular weight excluding hydrogens is 440 g/mol. The number of anilines is 1. The van der Waals surface area contributed by atoms with E-state index in [-0.39, 0.29) is 12.1 Å². The van der Waals surface area contributed by atoms with Crippen molar-refractivity contribution in [2.24, 2.45) is 0 Å². The molecule has 1 aliphatic rings. The summed E-state index contributed by atoms with van der Waals surface area (Å²) in [6, 6.07) is 16.9. The lowest BCUT2D eigenvalue weighted by Gasteiger charge is -2.24. The molecule has 3 heterocycles. The zero-order valence-electron chi connectivity index (χ0n) is 18.1. The van der Waals surface area contributed by atoms with E-state index in [9.17, 15) is 4.79 Å². The van der Waals surface area contributed by atoms with Crippen LogP contribution in [-0.2, 0) is 6.42 Å². The lowest BCUT2D eigenvalue weighted by atomic mass is 10.0. The van der Waals surface area contributed by atoms with Crippen molar-refractivity contribution >= 4 is 23.3 Å². The normalized spacial score (nSPS) is 15.7. The van der Waals surface area contributed by atoms with Crippen molar-refractivity contribution in [2.75, 3.05) is 11.9 Å². The lowest BCUT2D eigenvalue weighted by Crippen LogP contribution is -2.34. The zero-order chi connectivity index (χ0) is 22.8. The molecule has 7 nitrogen and oxygen atoms in total. The lowest BCUT2D eigenvalue weighted by molar-refractivity contribution is 0.195. The summed E-state index contributed by atoms with van der Waals surface area (Å²) in [6.45, 7) is 2.44. The molecule has 1 saturated heterocycles. The number of halogens is 1. The number of carbonyl (C=O) groups excluding carboxylic acids is 1. The Morgan fingerprint density at radius 2 is 1.94 bits per heavy atom. The van der Waals surface area contributed by atoms with Gasteiger partial charge in [0, 0.05) is 29.1 Å². The molecular formula is C25H23ClN4O3. The van der Waals surface area contributed by atoms with Crippen molar-refractivity contribution in [2.45, 2.75) is 32.2 Å². The summed E-state index contributed by atoms with van der Waals surface area (Å²) in [6.07, 6.45) is 4.08. The fraction of sp³-hybridized carbons (Fsp3) is 0.240. The molecule has 0 bridgehead atoms. The first-order valence-electron chi connectivity index (χ1n) is 10.9. The van der Waals surface area contributed by atoms with Crippen LogP contribution in [0.3, 0.4) is 0 Å². The summed E-state index contributed by atoms with van der Waals surface area (Å²) in [5.74, 6) is 1.27. The SMILES string of the molecule is Cc1noc(-c2ccccc2)c1NC(=O)N1CCC[C@@H]1c1oncc1Cc1ccc(Cl)cc1. The molecule has 33 heavy (non-hydrogen) atoms. The van der Waals surface area contributed by atoms with Crippen molar-refractivity contribution in [3.63, 3.8) is 0 Å². The maximum absolute atomic E-state index is 13.3. The third kappa shape index (κ3) is 4.36. The molecule has 4 aromatic rings. The Kier molecular flexibility index (Phi) is 5.88. The molecule has 1 fully saturated rings. The van der Waals surface area contributed by atoms with Gasteiger partial charge in [-0.2, -0.15) is 0 Å². The van der Waals surface area contributed by atoms with E-state index in [1.165, 1.54) is 0 Å². The third-order valence-electron chi connectivity index (χ3n) is 5.93. The molecule has 0 spiro atoms. The van der Waals surface area contributed by atoms with Crippen LogP contribution in [-0.4, -0.2) is 27.8 Å². The Labute approximate surface area is 196 Å². The van der Waals surface area contributed by atoms with Gasteiger partial charge in [-0.05, 0) is 37.5 Å². The van der Waals surface area contributed by atoms with Crippen LogP contribution in [0.25, 0.3) is 11.3 Å². The highest BCUT2D eigenvalue weighted by molar-refractivity contribution is 6.30. The van der Waals surface area contributed by atoms with Gasteiger partial charge in [0.15, 0.2) is 11.5 Å². The third-order valence-corrected chi connectivity index (χ3v) is 6.18. The molecule has 1 aliphatic heterocycles. The summed E-state index contributed by atoms with van der Waals surface area (Å²) in [5.41, 5.74) is 4.13. The fourth-order valence-electron chi connectivity index (χ4n) is 4.26. The summed E-state index contributed by atoms with van der Waals surface area (Å²) in [7, 11) is 0. The Morgan fingerprint density at radius 1 is 1.15 bits per heavy atom. The molecule has 168 valence electrons. The van der Waals surface area contributed by atoms with Crippen LogP contribution < -0.4 is 5.32 Å². The molecule has 2 aromatic carbocycles. The van der Waals surface area contributed by atoms with Gasteiger partial charge in [0.25, 0.3) is 0 Å². The van der Waals surface area contributed by atoms with E-state index in [4.69, 9.17) is 20.6 Å². The fourth-order valence-corrected chi connectivity index (χ4v) is 4.39. The molecule has 0 saturated carbocycles. The predicted molar refractivity (Wildman–Crippen MR) is 125 cm³/mol. The van der Waals surface area contributed by atoms with Crippen LogP contribution in [0, 0.1) is 6.92 Å². The average molecular weight is 463 g/mol. The first-order valence-corrected chi connectivity index (χ1v) is 11.2. The Hall–Kier alpha value is -3.58. The van der Waals surface area contributed by atoms with Crippen molar-refractivity contribution < 1.29 is 13.8 Å². The maximum atomic E-state index is 13.3. The number of nitrogens with one attached hydrogen (secondary N) is 1. The number of urea groups is 1. The monoisotopic (exact) mass is 462 g/mol. The number of rotatable bonds is 5. The van der Waals surface area contributed by atoms with Crippen LogP contribution in [0.4, 0.5) is 10.5 Å². The van der Waals surface area contributed by atoms with Gasteiger partial charge in [-0.3, -0.25) is 0 Å². The highest BCUT2D eigenvalue weighted by Gasteiger charge is 2.35. The number of aryl methyl sites for hydroxylation is 1. The second-order valence-corrected chi connectivity index (χ2v) is 8.57. The number of aromatic nitrogens is 2. The van der Waals surface area contributed by atoms with Crippen LogP contribution in [0.2, 0.25) is 5.02 Å². The minimum absolute atomic E-state index is 0.185. The molecule has 0 unspecified atom stereocenters. The Morgan fingerprint density at radius 3 is 2.73 bits per heavy atom. The van der Waals surface area contributed by atoms with Crippen molar-refractivity contribution in [1.82, 2.24) is 15.2 Å². The molecule has 2 aromatic heterocycles. The van der Waals surface area contributed by atoms with Gasteiger partial charge in [-0.15, -0.1) is 0 Å². The zero-order valence-corrected chi connectivity index (χ0v) is 18.9. The van der Waals surface area contributed by atoms with Gasteiger partial charge in [-0.25, -0.2) is 4.79 Å². The molecule has 5 rings (SSSR count). The number of amides is 2. The Bertz CT molecular complexity index is 1250. The smallest absolute Gasteiger partial charge is 0.322 e. The molecule has 0 radical (unpaired) electrons. The summed E-state index contributed by atoms with van der Waals surface area (Å²) >= 11 is 6.01. The predicted octanol–water partition coefficient (Wildman–Crippen LogP) is 6.25. The standard InChI is InChI=1S/C25H23ClN4O3/c1-16-22(24(33-29-16)18-6-3-2-4-7-18)28-25(31)30-13-5-8-21(30)23-19(15-27-32-23)14-17-9-11-20(26)12-10-17/h2-4,6-7,9-12,15,21H,5,8,13-14H2,1H3,(H,28,31)/t21-/m1/s1. The van der Waals surface area contributed by atoms with Gasteiger partial charge in [0.1, 0.15) is 11.4 Å². The maximum Gasteiger partial charge on any atom is 0.322 e. The van der Waals surface area contributed by atoms with E-state index in [0.29, 0.717) is 35.1 Å². The number of hydrogen-bond donors (Lipinski definition) is 1. The van der Waals surface area contributed by atoms with Gasteiger partial charge in [-0.1, -0.05) is 64.4 Å². The van der Waals surface area contributed by atoms with Crippen LogP contribution in [0.1, 0.15) is 41.5 Å². The van der Waals surface area contributed by atoms with Crippen molar-refractivity contribution in [1.29, 1.82) is 0 Å². The van der Waals surface area contributed by atoms with Gasteiger partial charge in [0.05, 0.1) is 12.2 Å². The van der Waals surface area contributed by atoms with Gasteiger partial charge < -0.3 is 19.3 Å².